The molecule has 0 aromatic rings. The summed E-state index contributed by atoms with van der Waals surface area (Å²) < 4.78 is 6.00. The summed E-state index contributed by atoms with van der Waals surface area (Å²) in [4.78, 5) is 0. The topological polar surface area (TPSA) is 9.23 Å². The van der Waals surface area contributed by atoms with Crippen molar-refractivity contribution in [3.05, 3.63) is 0 Å². The van der Waals surface area contributed by atoms with Gasteiger partial charge in [-0.05, 0) is 26.9 Å². The maximum atomic E-state index is 6.00. The van der Waals surface area contributed by atoms with Gasteiger partial charge in [0, 0.05) is 5.22 Å². The molecule has 0 bridgehead atoms. The van der Waals surface area contributed by atoms with Crippen molar-refractivity contribution in [3.8, 4) is 0 Å². The van der Waals surface area contributed by atoms with Gasteiger partial charge in [0.25, 0.3) is 0 Å². The Morgan fingerprint density at radius 3 is 1.55 bits per heavy atom. The van der Waals surface area contributed by atoms with E-state index < -0.39 is 17.1 Å². The second kappa shape index (κ2) is 3.41. The maximum absolute atomic E-state index is 6.00. The SMILES string of the molecule is C[SiH](C)OC(C)(C)[Si](C)(C)C. The lowest BCUT2D eigenvalue weighted by Gasteiger charge is -2.39. The molecular formula is C8H22OSi2. The van der Waals surface area contributed by atoms with E-state index >= 15 is 0 Å². The van der Waals surface area contributed by atoms with Gasteiger partial charge in [-0.2, -0.15) is 0 Å². The first-order chi connectivity index (χ1) is 4.67. The van der Waals surface area contributed by atoms with Crippen molar-refractivity contribution in [1.29, 1.82) is 0 Å². The van der Waals surface area contributed by atoms with Gasteiger partial charge in [-0.3, -0.25) is 0 Å². The highest BCUT2D eigenvalue weighted by Gasteiger charge is 2.35. The third kappa shape index (κ3) is 3.53. The first-order valence-electron chi connectivity index (χ1n) is 4.34. The Balaban J connectivity index is 4.22. The Hall–Kier alpha value is 0.394. The summed E-state index contributed by atoms with van der Waals surface area (Å²) in [5.74, 6) is 0. The van der Waals surface area contributed by atoms with Crippen molar-refractivity contribution < 1.29 is 4.43 Å². The van der Waals surface area contributed by atoms with Gasteiger partial charge in [0.1, 0.15) is 0 Å². The minimum absolute atomic E-state index is 0.160. The standard InChI is InChI=1S/C8H22OSi2/c1-8(2,9-10(3)4)11(5,6)7/h10H,1-7H3. The fraction of sp³-hybridized carbons (Fsp3) is 1.00. The van der Waals surface area contributed by atoms with Crippen molar-refractivity contribution in [1.82, 2.24) is 0 Å². The Bertz CT molecular complexity index is 125. The molecule has 3 heteroatoms. The Morgan fingerprint density at radius 2 is 1.45 bits per heavy atom. The van der Waals surface area contributed by atoms with Crippen LogP contribution in [0.15, 0.2) is 0 Å². The van der Waals surface area contributed by atoms with Gasteiger partial charge in [-0.25, -0.2) is 0 Å². The van der Waals surface area contributed by atoms with Crippen LogP contribution in [0.4, 0.5) is 0 Å². The van der Waals surface area contributed by atoms with Crippen molar-refractivity contribution in [2.75, 3.05) is 0 Å². The van der Waals surface area contributed by atoms with E-state index in [9.17, 15) is 0 Å². The summed E-state index contributed by atoms with van der Waals surface area (Å²) in [6.07, 6.45) is 0. The van der Waals surface area contributed by atoms with Gasteiger partial charge in [0.2, 0.25) is 0 Å². The van der Waals surface area contributed by atoms with E-state index in [1.165, 1.54) is 0 Å². The zero-order chi connectivity index (χ0) is 9.28. The maximum Gasteiger partial charge on any atom is 0.171 e. The molecule has 68 valence electrons. The molecule has 0 heterocycles. The van der Waals surface area contributed by atoms with E-state index in [-0.39, 0.29) is 5.22 Å². The molecule has 0 aliphatic rings. The van der Waals surface area contributed by atoms with E-state index in [0.717, 1.165) is 0 Å². The second-order valence-electron chi connectivity index (χ2n) is 4.93. The smallest absolute Gasteiger partial charge is 0.171 e. The van der Waals surface area contributed by atoms with Gasteiger partial charge in [0.15, 0.2) is 9.04 Å². The number of hydrogen-bond acceptors (Lipinski definition) is 1. The molecule has 0 saturated heterocycles. The zero-order valence-corrected chi connectivity index (χ0v) is 11.1. The molecular weight excluding hydrogens is 168 g/mol. The van der Waals surface area contributed by atoms with E-state index in [1.54, 1.807) is 0 Å². The molecule has 11 heavy (non-hydrogen) atoms. The van der Waals surface area contributed by atoms with Crippen molar-refractivity contribution in [3.63, 3.8) is 0 Å². The average Bonchev–Trinajstić information content (AvgIpc) is 1.56. The van der Waals surface area contributed by atoms with Crippen LogP contribution in [0.2, 0.25) is 32.7 Å². The van der Waals surface area contributed by atoms with Crippen LogP contribution in [0, 0.1) is 0 Å². The van der Waals surface area contributed by atoms with E-state index in [0.29, 0.717) is 0 Å². The lowest BCUT2D eigenvalue weighted by atomic mass is 10.5. The molecule has 1 nitrogen and oxygen atoms in total. The second-order valence-corrected chi connectivity index (χ2v) is 13.0. The van der Waals surface area contributed by atoms with Crippen LogP contribution in [0.1, 0.15) is 13.8 Å². The van der Waals surface area contributed by atoms with Crippen molar-refractivity contribution >= 4 is 17.1 Å². The highest BCUT2D eigenvalue weighted by Crippen LogP contribution is 2.24. The monoisotopic (exact) mass is 190 g/mol. The molecule has 0 aromatic heterocycles. The van der Waals surface area contributed by atoms with Gasteiger partial charge < -0.3 is 4.43 Å². The molecule has 0 amide bonds. The quantitative estimate of drug-likeness (QED) is 0.622. The van der Waals surface area contributed by atoms with Crippen molar-refractivity contribution in [2.45, 2.75) is 51.8 Å². The molecule has 0 saturated carbocycles. The molecule has 0 fully saturated rings. The Morgan fingerprint density at radius 1 is 1.09 bits per heavy atom. The molecule has 0 aliphatic heterocycles. The lowest BCUT2D eigenvalue weighted by Crippen LogP contribution is -2.51. The van der Waals surface area contributed by atoms with E-state index in [2.05, 4.69) is 46.6 Å². The van der Waals surface area contributed by atoms with Gasteiger partial charge in [-0.1, -0.05) is 19.6 Å². The third-order valence-corrected chi connectivity index (χ3v) is 7.36. The largest absolute Gasteiger partial charge is 0.418 e. The van der Waals surface area contributed by atoms with Crippen LogP contribution >= 0.6 is 0 Å². The number of rotatable bonds is 3. The molecule has 0 atom stereocenters. The highest BCUT2D eigenvalue weighted by molar-refractivity contribution is 6.79. The van der Waals surface area contributed by atoms with Crippen molar-refractivity contribution in [2.24, 2.45) is 0 Å². The predicted molar refractivity (Wildman–Crippen MR) is 57.4 cm³/mol. The summed E-state index contributed by atoms with van der Waals surface area (Å²) >= 11 is 0. The average molecular weight is 190 g/mol. The Labute approximate surface area is 73.9 Å². The van der Waals surface area contributed by atoms with E-state index in [4.69, 9.17) is 4.43 Å². The van der Waals surface area contributed by atoms with Crippen LogP contribution in [0.5, 0.6) is 0 Å². The summed E-state index contributed by atoms with van der Waals surface area (Å²) in [6, 6.07) is 0. The highest BCUT2D eigenvalue weighted by atomic mass is 28.3. The normalized spacial score (nSPS) is 14.2. The fourth-order valence-corrected chi connectivity index (χ4v) is 4.07. The van der Waals surface area contributed by atoms with Crippen LogP contribution in [0.3, 0.4) is 0 Å². The van der Waals surface area contributed by atoms with Gasteiger partial charge >= 0.3 is 0 Å². The minimum Gasteiger partial charge on any atom is -0.418 e. The summed E-state index contributed by atoms with van der Waals surface area (Å²) in [5.41, 5.74) is 0. The van der Waals surface area contributed by atoms with Crippen LogP contribution in [-0.4, -0.2) is 22.3 Å². The fourth-order valence-electron chi connectivity index (χ4n) is 0.766. The van der Waals surface area contributed by atoms with Crippen LogP contribution < -0.4 is 0 Å². The van der Waals surface area contributed by atoms with Crippen LogP contribution in [-0.2, 0) is 4.43 Å². The first-order valence-corrected chi connectivity index (χ1v) is 10.6. The minimum atomic E-state index is -1.14. The zero-order valence-electron chi connectivity index (χ0n) is 8.99. The molecule has 0 aromatic carbocycles. The van der Waals surface area contributed by atoms with E-state index in [1.807, 2.05) is 0 Å². The van der Waals surface area contributed by atoms with Gasteiger partial charge in [-0.15, -0.1) is 0 Å². The third-order valence-electron chi connectivity index (χ3n) is 2.34. The number of hydrogen-bond donors (Lipinski definition) is 0. The van der Waals surface area contributed by atoms with Crippen LogP contribution in [0.25, 0.3) is 0 Å². The lowest BCUT2D eigenvalue weighted by molar-refractivity contribution is 0.188. The molecule has 0 rings (SSSR count). The molecule has 0 aliphatic carbocycles. The molecule has 0 unspecified atom stereocenters. The summed E-state index contributed by atoms with van der Waals surface area (Å²) in [6.45, 7) is 16.1. The molecule has 0 radical (unpaired) electrons. The predicted octanol–water partition coefficient (Wildman–Crippen LogP) is 2.64. The summed E-state index contributed by atoms with van der Waals surface area (Å²) in [7, 11) is -2.00. The van der Waals surface area contributed by atoms with Gasteiger partial charge in [0.05, 0.1) is 8.07 Å². The summed E-state index contributed by atoms with van der Waals surface area (Å²) in [5, 5.41) is 0.160. The first kappa shape index (κ1) is 11.4. The molecule has 0 N–H and O–H groups in total. The molecule has 0 spiro atoms. The Kier molecular flexibility index (Phi) is 3.53.